The van der Waals surface area contributed by atoms with E-state index in [1.54, 1.807) is 6.07 Å². The van der Waals surface area contributed by atoms with Crippen LogP contribution in [-0.4, -0.2) is 65.2 Å². The SMILES string of the molecule is Fc1ccc2c(N3CC(N4CCN(c5ccccn5)CC4)C3)ncnc2c1. The molecule has 27 heavy (non-hydrogen) atoms. The molecule has 0 amide bonds. The third-order valence-corrected chi connectivity index (χ3v) is 5.54. The van der Waals surface area contributed by atoms with E-state index in [4.69, 9.17) is 0 Å². The summed E-state index contributed by atoms with van der Waals surface area (Å²) >= 11 is 0. The summed E-state index contributed by atoms with van der Waals surface area (Å²) in [5.74, 6) is 1.70. The Labute approximate surface area is 157 Å². The minimum Gasteiger partial charge on any atom is -0.354 e. The van der Waals surface area contributed by atoms with Crippen molar-refractivity contribution in [2.45, 2.75) is 6.04 Å². The van der Waals surface area contributed by atoms with Gasteiger partial charge in [-0.2, -0.15) is 0 Å². The summed E-state index contributed by atoms with van der Waals surface area (Å²) in [5, 5.41) is 0.914. The van der Waals surface area contributed by atoms with E-state index in [1.807, 2.05) is 18.3 Å². The van der Waals surface area contributed by atoms with Gasteiger partial charge in [-0.3, -0.25) is 4.90 Å². The highest BCUT2D eigenvalue weighted by Gasteiger charge is 2.35. The van der Waals surface area contributed by atoms with Crippen LogP contribution in [0.5, 0.6) is 0 Å². The Balaban J connectivity index is 1.22. The number of nitrogens with zero attached hydrogens (tertiary/aromatic N) is 6. The number of benzene rings is 1. The molecule has 2 fully saturated rings. The Morgan fingerprint density at radius 1 is 0.889 bits per heavy atom. The lowest BCUT2D eigenvalue weighted by atomic mass is 10.0. The van der Waals surface area contributed by atoms with E-state index in [0.717, 1.165) is 56.3 Å². The van der Waals surface area contributed by atoms with Gasteiger partial charge < -0.3 is 9.80 Å². The number of hydrogen-bond donors (Lipinski definition) is 0. The van der Waals surface area contributed by atoms with Gasteiger partial charge in [0.1, 0.15) is 23.8 Å². The second kappa shape index (κ2) is 6.74. The summed E-state index contributed by atoms with van der Waals surface area (Å²) in [6.45, 7) is 6.00. The highest BCUT2D eigenvalue weighted by molar-refractivity contribution is 5.89. The van der Waals surface area contributed by atoms with Gasteiger partial charge in [0.2, 0.25) is 0 Å². The monoisotopic (exact) mass is 364 g/mol. The van der Waals surface area contributed by atoms with Crippen molar-refractivity contribution in [3.63, 3.8) is 0 Å². The topological polar surface area (TPSA) is 48.4 Å². The molecule has 7 heteroatoms. The maximum atomic E-state index is 13.4. The molecule has 2 aromatic heterocycles. The molecule has 0 radical (unpaired) electrons. The van der Waals surface area contributed by atoms with E-state index >= 15 is 0 Å². The molecule has 0 saturated carbocycles. The number of hydrogen-bond acceptors (Lipinski definition) is 6. The molecular formula is C20H21FN6. The van der Waals surface area contributed by atoms with Gasteiger partial charge in [0.05, 0.1) is 5.52 Å². The fourth-order valence-electron chi connectivity index (χ4n) is 3.98. The highest BCUT2D eigenvalue weighted by atomic mass is 19.1. The number of aromatic nitrogens is 3. The predicted octanol–water partition coefficient (Wildman–Crippen LogP) is 2.17. The number of piperazine rings is 1. The summed E-state index contributed by atoms with van der Waals surface area (Å²) in [7, 11) is 0. The lowest BCUT2D eigenvalue weighted by molar-refractivity contribution is 0.156. The van der Waals surface area contributed by atoms with Gasteiger partial charge in [-0.15, -0.1) is 0 Å². The minimum absolute atomic E-state index is 0.264. The Kier molecular flexibility index (Phi) is 4.09. The molecule has 138 valence electrons. The molecule has 2 aliphatic rings. The quantitative estimate of drug-likeness (QED) is 0.710. The van der Waals surface area contributed by atoms with E-state index in [-0.39, 0.29) is 5.82 Å². The van der Waals surface area contributed by atoms with Crippen LogP contribution in [0.4, 0.5) is 16.0 Å². The summed E-state index contributed by atoms with van der Waals surface area (Å²) in [6.07, 6.45) is 3.37. The highest BCUT2D eigenvalue weighted by Crippen LogP contribution is 2.29. The van der Waals surface area contributed by atoms with Gasteiger partial charge in [0, 0.05) is 63.0 Å². The van der Waals surface area contributed by atoms with Crippen molar-refractivity contribution < 1.29 is 4.39 Å². The molecule has 4 heterocycles. The molecular weight excluding hydrogens is 343 g/mol. The molecule has 2 aliphatic heterocycles. The summed E-state index contributed by atoms with van der Waals surface area (Å²) in [4.78, 5) is 20.3. The number of pyridine rings is 1. The molecule has 0 N–H and O–H groups in total. The summed E-state index contributed by atoms with van der Waals surface area (Å²) in [6, 6.07) is 11.3. The molecule has 0 atom stereocenters. The predicted molar refractivity (Wildman–Crippen MR) is 104 cm³/mol. The third-order valence-electron chi connectivity index (χ3n) is 5.54. The van der Waals surface area contributed by atoms with Crippen molar-refractivity contribution in [2.24, 2.45) is 0 Å². The molecule has 5 rings (SSSR count). The fourth-order valence-corrected chi connectivity index (χ4v) is 3.98. The van der Waals surface area contributed by atoms with Gasteiger partial charge in [-0.25, -0.2) is 19.3 Å². The smallest absolute Gasteiger partial charge is 0.139 e. The maximum Gasteiger partial charge on any atom is 0.139 e. The van der Waals surface area contributed by atoms with Crippen LogP contribution >= 0.6 is 0 Å². The van der Waals surface area contributed by atoms with Crippen molar-refractivity contribution in [3.05, 3.63) is 54.7 Å². The normalized spacial score (nSPS) is 18.7. The largest absolute Gasteiger partial charge is 0.354 e. The van der Waals surface area contributed by atoms with Crippen molar-refractivity contribution in [2.75, 3.05) is 49.1 Å². The van der Waals surface area contributed by atoms with Crippen LogP contribution in [0.15, 0.2) is 48.9 Å². The van der Waals surface area contributed by atoms with Gasteiger partial charge in [0.25, 0.3) is 0 Å². The first kappa shape index (κ1) is 16.4. The molecule has 1 aromatic carbocycles. The van der Waals surface area contributed by atoms with Gasteiger partial charge in [-0.1, -0.05) is 6.07 Å². The van der Waals surface area contributed by atoms with Crippen LogP contribution in [0.2, 0.25) is 0 Å². The fraction of sp³-hybridized carbons (Fsp3) is 0.350. The number of halogens is 1. The molecule has 6 nitrogen and oxygen atoms in total. The van der Waals surface area contributed by atoms with Crippen LogP contribution in [0.1, 0.15) is 0 Å². The number of anilines is 2. The molecule has 2 saturated heterocycles. The number of fused-ring (bicyclic) bond motifs is 1. The Morgan fingerprint density at radius 2 is 1.74 bits per heavy atom. The minimum atomic E-state index is -0.264. The molecule has 0 unspecified atom stereocenters. The first-order valence-electron chi connectivity index (χ1n) is 9.33. The van der Waals surface area contributed by atoms with E-state index in [0.29, 0.717) is 11.6 Å². The molecule has 0 bridgehead atoms. The second-order valence-electron chi connectivity index (χ2n) is 7.13. The first-order valence-corrected chi connectivity index (χ1v) is 9.33. The van der Waals surface area contributed by atoms with Crippen molar-refractivity contribution in [3.8, 4) is 0 Å². The van der Waals surface area contributed by atoms with Gasteiger partial charge in [0.15, 0.2) is 0 Å². The lowest BCUT2D eigenvalue weighted by Gasteiger charge is -2.48. The van der Waals surface area contributed by atoms with E-state index in [1.165, 1.54) is 18.5 Å². The van der Waals surface area contributed by atoms with Gasteiger partial charge in [-0.05, 0) is 24.3 Å². The van der Waals surface area contributed by atoms with Crippen LogP contribution in [0, 0.1) is 5.82 Å². The van der Waals surface area contributed by atoms with Crippen molar-refractivity contribution in [1.29, 1.82) is 0 Å². The van der Waals surface area contributed by atoms with Crippen LogP contribution in [0.3, 0.4) is 0 Å². The summed E-state index contributed by atoms with van der Waals surface area (Å²) < 4.78 is 13.4. The van der Waals surface area contributed by atoms with Crippen molar-refractivity contribution in [1.82, 2.24) is 19.9 Å². The maximum absolute atomic E-state index is 13.4. The zero-order valence-corrected chi connectivity index (χ0v) is 15.0. The van der Waals surface area contributed by atoms with Crippen LogP contribution in [-0.2, 0) is 0 Å². The zero-order chi connectivity index (χ0) is 18.2. The lowest BCUT2D eigenvalue weighted by Crippen LogP contribution is -2.63. The van der Waals surface area contributed by atoms with Gasteiger partial charge >= 0.3 is 0 Å². The number of rotatable bonds is 3. The Morgan fingerprint density at radius 3 is 2.52 bits per heavy atom. The average Bonchev–Trinajstić information content (AvgIpc) is 2.68. The second-order valence-corrected chi connectivity index (χ2v) is 7.13. The zero-order valence-electron chi connectivity index (χ0n) is 15.0. The Hall–Kier alpha value is -2.80. The van der Waals surface area contributed by atoms with E-state index in [2.05, 4.69) is 35.7 Å². The third kappa shape index (κ3) is 3.08. The summed E-state index contributed by atoms with van der Waals surface area (Å²) in [5.41, 5.74) is 0.660. The standard InChI is InChI=1S/C20H21FN6/c21-15-4-5-17-18(11-15)23-14-24-20(17)27-12-16(13-27)25-7-9-26(10-8-25)19-3-1-2-6-22-19/h1-6,11,14,16H,7-10,12-13H2. The molecule has 0 aliphatic carbocycles. The van der Waals surface area contributed by atoms with Crippen LogP contribution < -0.4 is 9.80 Å². The van der Waals surface area contributed by atoms with Crippen molar-refractivity contribution >= 4 is 22.5 Å². The van der Waals surface area contributed by atoms with E-state index < -0.39 is 0 Å². The average molecular weight is 364 g/mol. The molecule has 0 spiro atoms. The van der Waals surface area contributed by atoms with E-state index in [9.17, 15) is 4.39 Å². The molecule has 3 aromatic rings. The van der Waals surface area contributed by atoms with Crippen LogP contribution in [0.25, 0.3) is 10.9 Å². The Bertz CT molecular complexity index is 936. The first-order chi connectivity index (χ1) is 13.3.